The third-order valence-electron chi connectivity index (χ3n) is 2.92. The largest absolute Gasteiger partial charge is 0.496 e. The molecule has 1 unspecified atom stereocenters. The Morgan fingerprint density at radius 3 is 2.56 bits per heavy atom. The van der Waals surface area contributed by atoms with Gasteiger partial charge in [-0.3, -0.25) is 4.79 Å². The number of hydrogen-bond acceptors (Lipinski definition) is 3. The number of nitrogens with two attached hydrogens (primary N) is 1. The molecular weight excluding hydrogens is 202 g/mol. The lowest BCUT2D eigenvalue weighted by Gasteiger charge is -2.15. The lowest BCUT2D eigenvalue weighted by Crippen LogP contribution is -2.30. The maximum absolute atomic E-state index is 12.0. The van der Waals surface area contributed by atoms with Crippen molar-refractivity contribution in [1.29, 1.82) is 0 Å². The summed E-state index contributed by atoms with van der Waals surface area (Å²) in [5.74, 6) is 0.594. The molecule has 0 saturated heterocycles. The molecule has 0 heterocycles. The van der Waals surface area contributed by atoms with E-state index in [9.17, 15) is 4.79 Å². The number of hydrogen-bond donors (Lipinski definition) is 1. The van der Waals surface area contributed by atoms with Crippen LogP contribution in [0.15, 0.2) is 12.1 Å². The zero-order valence-electron chi connectivity index (χ0n) is 10.3. The number of benzene rings is 1. The Morgan fingerprint density at radius 1 is 1.44 bits per heavy atom. The molecular formula is C13H19NO2. The van der Waals surface area contributed by atoms with Gasteiger partial charge in [0.05, 0.1) is 18.7 Å². The fourth-order valence-electron chi connectivity index (χ4n) is 1.63. The highest BCUT2D eigenvalue weighted by Gasteiger charge is 2.19. The molecule has 0 bridgehead atoms. The van der Waals surface area contributed by atoms with E-state index in [1.807, 2.05) is 26.8 Å². The van der Waals surface area contributed by atoms with Gasteiger partial charge in [-0.25, -0.2) is 0 Å². The second-order valence-electron chi connectivity index (χ2n) is 3.97. The van der Waals surface area contributed by atoms with Crippen LogP contribution in [-0.4, -0.2) is 18.9 Å². The predicted octanol–water partition coefficient (Wildman–Crippen LogP) is 2.23. The van der Waals surface area contributed by atoms with Gasteiger partial charge in [-0.15, -0.1) is 0 Å². The molecule has 0 saturated carbocycles. The molecule has 0 amide bonds. The standard InChI is InChI=1S/C13H19NO2/c1-5-11(14)12(15)10-7-6-8(2)9(3)13(10)16-4/h6-7,11H,5,14H2,1-4H3. The summed E-state index contributed by atoms with van der Waals surface area (Å²) in [5, 5.41) is 0. The van der Waals surface area contributed by atoms with Crippen molar-refractivity contribution in [2.24, 2.45) is 5.73 Å². The second kappa shape index (κ2) is 5.12. The first-order chi connectivity index (χ1) is 7.52. The molecule has 88 valence electrons. The van der Waals surface area contributed by atoms with Crippen molar-refractivity contribution in [3.05, 3.63) is 28.8 Å². The molecule has 2 N–H and O–H groups in total. The molecule has 0 aliphatic rings. The molecule has 0 radical (unpaired) electrons. The highest BCUT2D eigenvalue weighted by Crippen LogP contribution is 2.27. The van der Waals surface area contributed by atoms with Crippen LogP contribution in [0.1, 0.15) is 34.8 Å². The van der Waals surface area contributed by atoms with Crippen molar-refractivity contribution < 1.29 is 9.53 Å². The van der Waals surface area contributed by atoms with Crippen molar-refractivity contribution >= 4 is 5.78 Å². The Kier molecular flexibility index (Phi) is 4.07. The first-order valence-electron chi connectivity index (χ1n) is 5.46. The number of rotatable bonds is 4. The Balaban J connectivity index is 3.24. The molecule has 1 atom stereocenters. The van der Waals surface area contributed by atoms with E-state index in [1.54, 1.807) is 13.2 Å². The van der Waals surface area contributed by atoms with E-state index >= 15 is 0 Å². The summed E-state index contributed by atoms with van der Waals surface area (Å²) in [6.07, 6.45) is 0.634. The number of methoxy groups -OCH3 is 1. The highest BCUT2D eigenvalue weighted by atomic mass is 16.5. The average molecular weight is 221 g/mol. The lowest BCUT2D eigenvalue weighted by molar-refractivity contribution is 0.0956. The SMILES string of the molecule is CCC(N)C(=O)c1ccc(C)c(C)c1OC. The number of ether oxygens (including phenoxy) is 1. The molecule has 0 fully saturated rings. The summed E-state index contributed by atoms with van der Waals surface area (Å²) in [7, 11) is 1.58. The molecule has 0 aromatic heterocycles. The van der Waals surface area contributed by atoms with E-state index in [-0.39, 0.29) is 5.78 Å². The van der Waals surface area contributed by atoms with E-state index in [0.29, 0.717) is 17.7 Å². The number of aryl methyl sites for hydroxylation is 1. The van der Waals surface area contributed by atoms with Crippen LogP contribution in [0, 0.1) is 13.8 Å². The van der Waals surface area contributed by atoms with Crippen LogP contribution in [-0.2, 0) is 0 Å². The Bertz CT molecular complexity index is 399. The Hall–Kier alpha value is -1.35. The van der Waals surface area contributed by atoms with Crippen molar-refractivity contribution in [1.82, 2.24) is 0 Å². The van der Waals surface area contributed by atoms with Crippen LogP contribution in [0.5, 0.6) is 5.75 Å². The van der Waals surface area contributed by atoms with Crippen molar-refractivity contribution in [2.45, 2.75) is 33.2 Å². The number of carbonyl (C=O) groups is 1. The zero-order valence-corrected chi connectivity index (χ0v) is 10.3. The minimum Gasteiger partial charge on any atom is -0.496 e. The molecule has 0 aliphatic heterocycles. The van der Waals surface area contributed by atoms with Gasteiger partial charge in [-0.1, -0.05) is 13.0 Å². The van der Waals surface area contributed by atoms with Gasteiger partial charge in [0.2, 0.25) is 0 Å². The van der Waals surface area contributed by atoms with Crippen LogP contribution < -0.4 is 10.5 Å². The smallest absolute Gasteiger partial charge is 0.183 e. The van der Waals surface area contributed by atoms with Gasteiger partial charge < -0.3 is 10.5 Å². The Labute approximate surface area is 96.6 Å². The molecule has 3 heteroatoms. The predicted molar refractivity (Wildman–Crippen MR) is 65.1 cm³/mol. The van der Waals surface area contributed by atoms with E-state index in [0.717, 1.165) is 11.1 Å². The van der Waals surface area contributed by atoms with Crippen LogP contribution in [0.3, 0.4) is 0 Å². The van der Waals surface area contributed by atoms with Gasteiger partial charge in [0.25, 0.3) is 0 Å². The summed E-state index contributed by atoms with van der Waals surface area (Å²) in [4.78, 5) is 12.0. The maximum Gasteiger partial charge on any atom is 0.183 e. The van der Waals surface area contributed by atoms with Gasteiger partial charge in [-0.05, 0) is 37.5 Å². The summed E-state index contributed by atoms with van der Waals surface area (Å²) < 4.78 is 5.30. The van der Waals surface area contributed by atoms with Crippen LogP contribution in [0.4, 0.5) is 0 Å². The first-order valence-corrected chi connectivity index (χ1v) is 5.46. The fourth-order valence-corrected chi connectivity index (χ4v) is 1.63. The van der Waals surface area contributed by atoms with Gasteiger partial charge in [-0.2, -0.15) is 0 Å². The van der Waals surface area contributed by atoms with Crippen LogP contribution in [0.25, 0.3) is 0 Å². The van der Waals surface area contributed by atoms with Crippen LogP contribution in [0.2, 0.25) is 0 Å². The minimum absolute atomic E-state index is 0.0533. The monoisotopic (exact) mass is 221 g/mol. The van der Waals surface area contributed by atoms with Gasteiger partial charge >= 0.3 is 0 Å². The summed E-state index contributed by atoms with van der Waals surface area (Å²) >= 11 is 0. The molecule has 0 aliphatic carbocycles. The van der Waals surface area contributed by atoms with Crippen molar-refractivity contribution in [2.75, 3.05) is 7.11 Å². The molecule has 1 aromatic rings. The van der Waals surface area contributed by atoms with Gasteiger partial charge in [0.1, 0.15) is 5.75 Å². The van der Waals surface area contributed by atoms with E-state index < -0.39 is 6.04 Å². The Morgan fingerprint density at radius 2 is 2.06 bits per heavy atom. The molecule has 1 rings (SSSR count). The minimum atomic E-state index is -0.448. The second-order valence-corrected chi connectivity index (χ2v) is 3.97. The lowest BCUT2D eigenvalue weighted by atomic mass is 9.97. The topological polar surface area (TPSA) is 52.3 Å². The molecule has 16 heavy (non-hydrogen) atoms. The van der Waals surface area contributed by atoms with E-state index in [2.05, 4.69) is 0 Å². The summed E-state index contributed by atoms with van der Waals surface area (Å²) in [6, 6.07) is 3.27. The number of ketones is 1. The van der Waals surface area contributed by atoms with Crippen LogP contribution >= 0.6 is 0 Å². The maximum atomic E-state index is 12.0. The van der Waals surface area contributed by atoms with E-state index in [1.165, 1.54) is 0 Å². The molecule has 3 nitrogen and oxygen atoms in total. The average Bonchev–Trinajstić information content (AvgIpc) is 2.30. The number of Topliss-reactive ketones (excluding diaryl/α,β-unsaturated/α-hetero) is 1. The van der Waals surface area contributed by atoms with Crippen molar-refractivity contribution in [3.63, 3.8) is 0 Å². The summed E-state index contributed by atoms with van der Waals surface area (Å²) in [5.41, 5.74) is 8.45. The zero-order chi connectivity index (χ0) is 12.3. The first kappa shape index (κ1) is 12.7. The van der Waals surface area contributed by atoms with Crippen molar-refractivity contribution in [3.8, 4) is 5.75 Å². The highest BCUT2D eigenvalue weighted by molar-refractivity contribution is 6.02. The fraction of sp³-hybridized carbons (Fsp3) is 0.462. The molecule has 0 spiro atoms. The van der Waals surface area contributed by atoms with Gasteiger partial charge in [0, 0.05) is 0 Å². The molecule has 1 aromatic carbocycles. The quantitative estimate of drug-likeness (QED) is 0.793. The third kappa shape index (κ3) is 2.25. The normalized spacial score (nSPS) is 12.3. The number of carbonyl (C=O) groups excluding carboxylic acids is 1. The summed E-state index contributed by atoms with van der Waals surface area (Å²) in [6.45, 7) is 5.84. The van der Waals surface area contributed by atoms with Gasteiger partial charge in [0.15, 0.2) is 5.78 Å². The van der Waals surface area contributed by atoms with E-state index in [4.69, 9.17) is 10.5 Å². The third-order valence-corrected chi connectivity index (χ3v) is 2.92.